The number of halogens is 1. The first-order valence-corrected chi connectivity index (χ1v) is 22.9. The van der Waals surface area contributed by atoms with E-state index >= 15 is 0 Å². The van der Waals surface area contributed by atoms with E-state index in [-0.39, 0.29) is 48.4 Å². The third-order valence-corrected chi connectivity index (χ3v) is 10.9. The van der Waals surface area contributed by atoms with E-state index in [2.05, 4.69) is 31.5 Å². The zero-order chi connectivity index (χ0) is 42.5. The number of thiazole rings is 1. The normalized spacial score (nSPS) is 19.0. The molecule has 0 unspecified atom stereocenters. The lowest BCUT2D eigenvalue weighted by Crippen LogP contribution is -2.42. The van der Waals surface area contributed by atoms with Gasteiger partial charge in [0.05, 0.1) is 20.2 Å². The summed E-state index contributed by atoms with van der Waals surface area (Å²) < 4.78 is 50.4. The number of hydrogen-bond donors (Lipinski definition) is 4. The van der Waals surface area contributed by atoms with Gasteiger partial charge in [0, 0.05) is 48.7 Å². The number of rotatable bonds is 10. The summed E-state index contributed by atoms with van der Waals surface area (Å²) in [4.78, 5) is 28.2. The molecule has 0 saturated heterocycles. The summed E-state index contributed by atoms with van der Waals surface area (Å²) in [6.45, 7) is 18.4. The highest BCUT2D eigenvalue weighted by Crippen LogP contribution is 2.34. The Morgan fingerprint density at radius 2 is 1.33 bits per heavy atom. The molecule has 2 aliphatic carbocycles. The van der Waals surface area contributed by atoms with Gasteiger partial charge in [-0.2, -0.15) is 8.42 Å². The highest BCUT2D eigenvalue weighted by atomic mass is 79.9. The molecule has 7 N–H and O–H groups in total. The number of carbonyl (C=O) groups is 2. The second-order valence-electron chi connectivity index (χ2n) is 15.4. The molecule has 14 nitrogen and oxygen atoms in total. The molecule has 1 aromatic heterocycles. The number of aryl methyl sites for hydroxylation is 1. The number of alkyl carbamates (subject to hydrolysis) is 2. The number of nitrogens with one attached hydrogen (secondary N) is 2. The quantitative estimate of drug-likeness (QED) is 0.0760. The van der Waals surface area contributed by atoms with Gasteiger partial charge in [0.25, 0.3) is 10.1 Å². The fourth-order valence-corrected chi connectivity index (χ4v) is 7.51. The van der Waals surface area contributed by atoms with E-state index in [1.165, 1.54) is 17.1 Å². The molecular weight excluding hydrogens is 873 g/mol. The van der Waals surface area contributed by atoms with Crippen molar-refractivity contribution in [3.63, 3.8) is 0 Å². The lowest BCUT2D eigenvalue weighted by molar-refractivity contribution is -0.119. The number of carbonyl (C=O) groups excluding carboxylic acids is 2. The minimum absolute atomic E-state index is 0. The van der Waals surface area contributed by atoms with Crippen LogP contribution in [0.3, 0.4) is 0 Å². The van der Waals surface area contributed by atoms with Gasteiger partial charge in [-0.05, 0) is 126 Å². The maximum Gasteiger partial charge on any atom is 0.407 e. The molecule has 1 aromatic carbocycles. The van der Waals surface area contributed by atoms with E-state index < -0.39 is 21.3 Å². The molecule has 58 heavy (non-hydrogen) atoms. The Balaban J connectivity index is 0. The van der Waals surface area contributed by atoms with Gasteiger partial charge in [-0.15, -0.1) is 11.3 Å². The summed E-state index contributed by atoms with van der Waals surface area (Å²) in [5, 5.41) is 9.86. The van der Waals surface area contributed by atoms with Crippen LogP contribution < -0.4 is 16.4 Å². The fraction of sp³-hybridized carbons (Fsp3) is 0.700. The number of nitrogens with two attached hydrogens (primary N) is 1. The number of benzene rings is 1. The molecule has 0 atom stereocenters. The number of amides is 2. The van der Waals surface area contributed by atoms with Crippen molar-refractivity contribution in [1.29, 1.82) is 0 Å². The SMILES string of the molecule is C.CC(C)(C)OC(=O)NC1CCC(C(N)=S)CC1.CC(C)(C)OC(=O)NC1CCC(c2nccs2)CC1.CCOC(CBr)OCC.Cc1ccc(S(=O)(=O)O)cc1.O. The van der Waals surface area contributed by atoms with E-state index in [1.807, 2.05) is 73.9 Å². The molecule has 2 amide bonds. The Bertz CT molecular complexity index is 1520. The second kappa shape index (κ2) is 28.9. The van der Waals surface area contributed by atoms with Crippen molar-refractivity contribution < 1.29 is 47.0 Å². The molecular formula is C40H71BrN4O10S3. The molecule has 0 aliphatic heterocycles. The summed E-state index contributed by atoms with van der Waals surface area (Å²) in [5.41, 5.74) is 5.70. The molecule has 2 fully saturated rings. The molecule has 0 radical (unpaired) electrons. The van der Waals surface area contributed by atoms with Crippen LogP contribution in [0.1, 0.15) is 131 Å². The predicted octanol–water partition coefficient (Wildman–Crippen LogP) is 8.88. The van der Waals surface area contributed by atoms with Gasteiger partial charge in [0.2, 0.25) is 0 Å². The van der Waals surface area contributed by atoms with Crippen LogP contribution in [0.25, 0.3) is 0 Å². The fourth-order valence-electron chi connectivity index (χ4n) is 5.61. The van der Waals surface area contributed by atoms with Crippen molar-refractivity contribution in [2.75, 3.05) is 18.5 Å². The number of thiocarbonyl (C=S) groups is 1. The van der Waals surface area contributed by atoms with Gasteiger partial charge in [-0.1, -0.05) is 53.3 Å². The van der Waals surface area contributed by atoms with Gasteiger partial charge in [0.15, 0.2) is 6.29 Å². The monoisotopic (exact) mass is 942 g/mol. The minimum atomic E-state index is -4.02. The van der Waals surface area contributed by atoms with E-state index in [4.69, 9.17) is 41.5 Å². The van der Waals surface area contributed by atoms with Crippen LogP contribution in [-0.2, 0) is 29.1 Å². The molecule has 2 aliphatic rings. The number of nitrogens with zero attached hydrogens (tertiary/aromatic N) is 1. The lowest BCUT2D eigenvalue weighted by atomic mass is 9.86. The van der Waals surface area contributed by atoms with E-state index in [0.29, 0.717) is 30.0 Å². The standard InChI is InChI=1S/C14H22N2O2S.C12H22N2O2S.C7H8O3S.C6H13BrO2.CH4.H2O/c1-14(2,3)18-13(17)16-11-6-4-10(5-7-11)12-15-8-9-19-12;1-12(2,3)16-11(15)14-9-6-4-8(5-7-9)10(13)17;1-6-2-4-7(5-3-6)11(8,9)10;1-3-8-6(5-7)9-4-2;;/h8-11H,4-7H2,1-3H3,(H,16,17);8-9H,4-7H2,1-3H3,(H2,13,17)(H,14,15);2-5H,1H3,(H,8,9,10);6H,3-5H2,1-2H3;1H4;1H2. The average molecular weight is 944 g/mol. The van der Waals surface area contributed by atoms with Gasteiger partial charge >= 0.3 is 12.2 Å². The Kier molecular flexibility index (Phi) is 28.7. The van der Waals surface area contributed by atoms with Crippen molar-refractivity contribution >= 4 is 66.8 Å². The molecule has 2 aromatic rings. The summed E-state index contributed by atoms with van der Waals surface area (Å²) >= 11 is 9.98. The summed E-state index contributed by atoms with van der Waals surface area (Å²) in [7, 11) is -4.02. The van der Waals surface area contributed by atoms with Crippen LogP contribution in [0.5, 0.6) is 0 Å². The van der Waals surface area contributed by atoms with Crippen LogP contribution in [0, 0.1) is 12.8 Å². The van der Waals surface area contributed by atoms with Crippen LogP contribution in [-0.4, -0.2) is 88.7 Å². The number of ether oxygens (including phenoxy) is 4. The van der Waals surface area contributed by atoms with Crippen molar-refractivity contribution in [3.05, 3.63) is 46.4 Å². The molecule has 2 saturated carbocycles. The van der Waals surface area contributed by atoms with E-state index in [9.17, 15) is 18.0 Å². The third-order valence-electron chi connectivity index (χ3n) is 8.25. The first-order chi connectivity index (χ1) is 26.1. The van der Waals surface area contributed by atoms with Crippen molar-refractivity contribution in [2.45, 2.75) is 161 Å². The zero-order valence-electron chi connectivity index (χ0n) is 35.0. The zero-order valence-corrected chi connectivity index (χ0v) is 39.0. The highest BCUT2D eigenvalue weighted by Gasteiger charge is 2.27. The van der Waals surface area contributed by atoms with E-state index in [1.54, 1.807) is 23.5 Å². The maximum atomic E-state index is 11.7. The topological polar surface area (TPSA) is 220 Å². The van der Waals surface area contributed by atoms with Crippen LogP contribution >= 0.6 is 39.5 Å². The Morgan fingerprint density at radius 1 is 0.897 bits per heavy atom. The maximum absolute atomic E-state index is 11.7. The van der Waals surface area contributed by atoms with Gasteiger partial charge in [-0.3, -0.25) is 4.55 Å². The Labute approximate surface area is 365 Å². The molecule has 0 spiro atoms. The Morgan fingerprint density at radius 3 is 1.66 bits per heavy atom. The summed E-state index contributed by atoms with van der Waals surface area (Å²) in [6.07, 6.45) is 9.09. The highest BCUT2D eigenvalue weighted by molar-refractivity contribution is 9.09. The number of alkyl halides is 1. The minimum Gasteiger partial charge on any atom is -0.444 e. The number of hydrogen-bond acceptors (Lipinski definition) is 11. The number of aromatic nitrogens is 1. The summed E-state index contributed by atoms with van der Waals surface area (Å²) in [6, 6.07) is 6.42. The van der Waals surface area contributed by atoms with Crippen LogP contribution in [0.15, 0.2) is 40.7 Å². The largest absolute Gasteiger partial charge is 0.444 e. The Hall–Kier alpha value is -2.45. The van der Waals surface area contributed by atoms with Crippen molar-refractivity contribution in [1.82, 2.24) is 15.6 Å². The molecule has 1 heterocycles. The molecule has 0 bridgehead atoms. The lowest BCUT2D eigenvalue weighted by Gasteiger charge is -2.29. The average Bonchev–Trinajstić information content (AvgIpc) is 3.63. The molecule has 4 rings (SSSR count). The smallest absolute Gasteiger partial charge is 0.407 e. The van der Waals surface area contributed by atoms with Crippen LogP contribution in [0.2, 0.25) is 0 Å². The van der Waals surface area contributed by atoms with Crippen molar-refractivity contribution in [2.24, 2.45) is 11.7 Å². The predicted molar refractivity (Wildman–Crippen MR) is 241 cm³/mol. The molecule has 336 valence electrons. The first kappa shape index (κ1) is 57.6. The van der Waals surface area contributed by atoms with Gasteiger partial charge < -0.3 is 40.8 Å². The van der Waals surface area contributed by atoms with Crippen LogP contribution in [0.4, 0.5) is 9.59 Å². The van der Waals surface area contributed by atoms with Gasteiger partial charge in [0.1, 0.15) is 11.2 Å². The summed E-state index contributed by atoms with van der Waals surface area (Å²) in [5.74, 6) is 0.901. The third kappa shape index (κ3) is 26.6. The van der Waals surface area contributed by atoms with Crippen molar-refractivity contribution in [3.8, 4) is 0 Å². The van der Waals surface area contributed by atoms with Gasteiger partial charge in [-0.25, -0.2) is 14.6 Å². The first-order valence-electron chi connectivity index (χ1n) is 19.1. The second-order valence-corrected chi connectivity index (χ2v) is 18.9. The molecule has 18 heteroatoms. The van der Waals surface area contributed by atoms with E-state index in [0.717, 1.165) is 62.3 Å².